The smallest absolute Gasteiger partial charge is 0.258 e. The Hall–Kier alpha value is -2.83. The van der Waals surface area contributed by atoms with Crippen molar-refractivity contribution in [3.8, 4) is 11.5 Å². The summed E-state index contributed by atoms with van der Waals surface area (Å²) in [6.07, 6.45) is 0. The second-order valence-electron chi connectivity index (χ2n) is 4.59. The van der Waals surface area contributed by atoms with Crippen molar-refractivity contribution in [3.63, 3.8) is 0 Å². The molecule has 0 bridgehead atoms. The normalized spacial score (nSPS) is 10.0. The predicted molar refractivity (Wildman–Crippen MR) is 84.2 cm³/mol. The van der Waals surface area contributed by atoms with Gasteiger partial charge in [0.2, 0.25) is 5.95 Å². The van der Waals surface area contributed by atoms with Crippen LogP contribution in [0.2, 0.25) is 0 Å². The molecule has 0 spiro atoms. The van der Waals surface area contributed by atoms with Crippen molar-refractivity contribution >= 4 is 11.7 Å². The van der Waals surface area contributed by atoms with E-state index >= 15 is 0 Å². The number of benzene rings is 1. The topological polar surface area (TPSA) is 72.5 Å². The van der Waals surface area contributed by atoms with Gasteiger partial charge in [0.05, 0.1) is 7.11 Å². The molecular weight excluding hydrogens is 301 g/mol. The van der Waals surface area contributed by atoms with E-state index in [-0.39, 0.29) is 12.5 Å². The fraction of sp³-hybridized carbons (Fsp3) is 0.250. The molecule has 2 rings (SSSR count). The lowest BCUT2D eigenvalue weighted by Gasteiger charge is -2.09. The predicted octanol–water partition coefficient (Wildman–Crippen LogP) is 1.84. The number of halogens is 1. The Morgan fingerprint density at radius 1 is 1.13 bits per heavy atom. The SMILES string of the molecule is COc1ccc(OCC(=O)NCCNc2cccc(F)n2)cc1. The molecule has 0 saturated carbocycles. The number of anilines is 1. The molecule has 0 aliphatic rings. The molecule has 0 aliphatic carbocycles. The molecule has 2 N–H and O–H groups in total. The lowest BCUT2D eigenvalue weighted by molar-refractivity contribution is -0.123. The van der Waals surface area contributed by atoms with Gasteiger partial charge in [0, 0.05) is 13.1 Å². The summed E-state index contributed by atoms with van der Waals surface area (Å²) < 4.78 is 23.3. The number of carbonyl (C=O) groups is 1. The van der Waals surface area contributed by atoms with Gasteiger partial charge in [-0.1, -0.05) is 6.07 Å². The fourth-order valence-electron chi connectivity index (χ4n) is 1.77. The molecule has 0 atom stereocenters. The van der Waals surface area contributed by atoms with Crippen LogP contribution < -0.4 is 20.1 Å². The van der Waals surface area contributed by atoms with Crippen LogP contribution in [0.15, 0.2) is 42.5 Å². The summed E-state index contributed by atoms with van der Waals surface area (Å²) in [5.74, 6) is 0.942. The Morgan fingerprint density at radius 2 is 1.87 bits per heavy atom. The van der Waals surface area contributed by atoms with E-state index in [9.17, 15) is 9.18 Å². The Morgan fingerprint density at radius 3 is 2.57 bits per heavy atom. The van der Waals surface area contributed by atoms with E-state index in [1.54, 1.807) is 43.5 Å². The van der Waals surface area contributed by atoms with Crippen molar-refractivity contribution < 1.29 is 18.7 Å². The Labute approximate surface area is 133 Å². The van der Waals surface area contributed by atoms with E-state index in [0.29, 0.717) is 24.7 Å². The van der Waals surface area contributed by atoms with Crippen LogP contribution >= 0.6 is 0 Å². The molecule has 2 aromatic rings. The van der Waals surface area contributed by atoms with Crippen LogP contribution in [0, 0.1) is 5.95 Å². The minimum atomic E-state index is -0.549. The van der Waals surface area contributed by atoms with Gasteiger partial charge in [-0.25, -0.2) is 4.98 Å². The third-order valence-electron chi connectivity index (χ3n) is 2.90. The fourth-order valence-corrected chi connectivity index (χ4v) is 1.77. The van der Waals surface area contributed by atoms with Gasteiger partial charge >= 0.3 is 0 Å². The molecule has 0 unspecified atom stereocenters. The van der Waals surface area contributed by atoms with Gasteiger partial charge < -0.3 is 20.1 Å². The average Bonchev–Trinajstić information content (AvgIpc) is 2.57. The Kier molecular flexibility index (Phi) is 6.17. The molecule has 122 valence electrons. The molecule has 6 nitrogen and oxygen atoms in total. The van der Waals surface area contributed by atoms with Crippen molar-refractivity contribution in [3.05, 3.63) is 48.4 Å². The van der Waals surface area contributed by atoms with Crippen molar-refractivity contribution in [2.24, 2.45) is 0 Å². The summed E-state index contributed by atoms with van der Waals surface area (Å²) in [6, 6.07) is 11.4. The van der Waals surface area contributed by atoms with Gasteiger partial charge in [0.25, 0.3) is 5.91 Å². The number of pyridine rings is 1. The molecule has 0 saturated heterocycles. The first-order valence-electron chi connectivity index (χ1n) is 7.07. The van der Waals surface area contributed by atoms with E-state index in [1.165, 1.54) is 6.07 Å². The first-order chi connectivity index (χ1) is 11.2. The van der Waals surface area contributed by atoms with Crippen LogP contribution in [0.3, 0.4) is 0 Å². The monoisotopic (exact) mass is 319 g/mol. The zero-order chi connectivity index (χ0) is 16.5. The molecule has 1 heterocycles. The molecule has 1 aromatic carbocycles. The molecule has 1 amide bonds. The van der Waals surface area contributed by atoms with Crippen molar-refractivity contribution in [1.82, 2.24) is 10.3 Å². The maximum absolute atomic E-state index is 12.9. The third-order valence-corrected chi connectivity index (χ3v) is 2.90. The van der Waals surface area contributed by atoms with Crippen LogP contribution in [0.1, 0.15) is 0 Å². The van der Waals surface area contributed by atoms with Crippen LogP contribution in [0.25, 0.3) is 0 Å². The summed E-state index contributed by atoms with van der Waals surface area (Å²) in [5, 5.41) is 5.59. The number of nitrogens with one attached hydrogen (secondary N) is 2. The molecule has 0 radical (unpaired) electrons. The molecule has 1 aromatic heterocycles. The summed E-state index contributed by atoms with van der Waals surface area (Å²) in [4.78, 5) is 15.3. The second-order valence-corrected chi connectivity index (χ2v) is 4.59. The highest BCUT2D eigenvalue weighted by molar-refractivity contribution is 5.77. The summed E-state index contributed by atoms with van der Waals surface area (Å²) in [6.45, 7) is 0.734. The average molecular weight is 319 g/mol. The van der Waals surface area contributed by atoms with E-state index in [4.69, 9.17) is 9.47 Å². The number of hydrogen-bond donors (Lipinski definition) is 2. The molecular formula is C16H18FN3O3. The van der Waals surface area contributed by atoms with Crippen molar-refractivity contribution in [2.45, 2.75) is 0 Å². The zero-order valence-electron chi connectivity index (χ0n) is 12.7. The van der Waals surface area contributed by atoms with Gasteiger partial charge in [-0.3, -0.25) is 4.79 Å². The number of hydrogen-bond acceptors (Lipinski definition) is 5. The highest BCUT2D eigenvalue weighted by atomic mass is 19.1. The van der Waals surface area contributed by atoms with Crippen LogP contribution in [0.4, 0.5) is 10.2 Å². The lowest BCUT2D eigenvalue weighted by atomic mass is 10.3. The number of carbonyl (C=O) groups excluding carboxylic acids is 1. The standard InChI is InChI=1S/C16H18FN3O3/c1-22-12-5-7-13(8-6-12)23-11-16(21)19-10-9-18-15-4-2-3-14(17)20-15/h2-8H,9-11H2,1H3,(H,18,20)(H,19,21). The van der Waals surface area contributed by atoms with Crippen LogP contribution in [-0.2, 0) is 4.79 Å². The molecule has 7 heteroatoms. The highest BCUT2D eigenvalue weighted by Crippen LogP contribution is 2.16. The Balaban J connectivity index is 1.63. The van der Waals surface area contributed by atoms with Gasteiger partial charge in [-0.05, 0) is 36.4 Å². The lowest BCUT2D eigenvalue weighted by Crippen LogP contribution is -2.32. The van der Waals surface area contributed by atoms with Gasteiger partial charge in [-0.15, -0.1) is 0 Å². The highest BCUT2D eigenvalue weighted by Gasteiger charge is 2.03. The minimum absolute atomic E-state index is 0.0788. The van der Waals surface area contributed by atoms with Crippen molar-refractivity contribution in [1.29, 1.82) is 0 Å². The maximum Gasteiger partial charge on any atom is 0.258 e. The maximum atomic E-state index is 12.9. The zero-order valence-corrected chi connectivity index (χ0v) is 12.7. The van der Waals surface area contributed by atoms with E-state index in [1.807, 2.05) is 0 Å². The third kappa shape index (κ3) is 5.82. The van der Waals surface area contributed by atoms with E-state index in [0.717, 1.165) is 5.75 Å². The largest absolute Gasteiger partial charge is 0.497 e. The summed E-state index contributed by atoms with van der Waals surface area (Å²) in [7, 11) is 1.58. The van der Waals surface area contributed by atoms with Crippen molar-refractivity contribution in [2.75, 3.05) is 32.1 Å². The van der Waals surface area contributed by atoms with Crippen LogP contribution in [-0.4, -0.2) is 37.7 Å². The first kappa shape index (κ1) is 16.5. The number of rotatable bonds is 8. The molecule has 0 aliphatic heterocycles. The summed E-state index contributed by atoms with van der Waals surface area (Å²) in [5.41, 5.74) is 0. The number of methoxy groups -OCH3 is 1. The number of amides is 1. The number of nitrogens with zero attached hydrogens (tertiary/aromatic N) is 1. The van der Waals surface area contributed by atoms with Gasteiger partial charge in [0.15, 0.2) is 6.61 Å². The first-order valence-corrected chi connectivity index (χ1v) is 7.07. The summed E-state index contributed by atoms with van der Waals surface area (Å²) >= 11 is 0. The Bertz CT molecular complexity index is 635. The number of aromatic nitrogens is 1. The molecule has 0 fully saturated rings. The van der Waals surface area contributed by atoms with E-state index in [2.05, 4.69) is 15.6 Å². The number of ether oxygens (including phenoxy) is 2. The van der Waals surface area contributed by atoms with Crippen LogP contribution in [0.5, 0.6) is 11.5 Å². The molecule has 23 heavy (non-hydrogen) atoms. The second kappa shape index (κ2) is 8.57. The minimum Gasteiger partial charge on any atom is -0.497 e. The van der Waals surface area contributed by atoms with Gasteiger partial charge in [-0.2, -0.15) is 4.39 Å². The van der Waals surface area contributed by atoms with Gasteiger partial charge in [0.1, 0.15) is 17.3 Å². The van der Waals surface area contributed by atoms with E-state index < -0.39 is 5.95 Å². The quantitative estimate of drug-likeness (QED) is 0.574.